The van der Waals surface area contributed by atoms with E-state index in [1.54, 1.807) is 13.4 Å². The van der Waals surface area contributed by atoms with Crippen molar-refractivity contribution >= 4 is 29.9 Å². The lowest BCUT2D eigenvalue weighted by Crippen LogP contribution is -2.40. The van der Waals surface area contributed by atoms with Crippen molar-refractivity contribution in [3.05, 3.63) is 24.2 Å². The molecule has 2 N–H and O–H groups in total. The fraction of sp³-hybridized carbons (Fsp3) is 0.688. The molecule has 1 aromatic heterocycles. The van der Waals surface area contributed by atoms with Crippen molar-refractivity contribution in [2.45, 2.75) is 33.1 Å². The van der Waals surface area contributed by atoms with Crippen LogP contribution in [-0.2, 0) is 11.2 Å². The van der Waals surface area contributed by atoms with Crippen LogP contribution in [0, 0.1) is 5.92 Å². The molecule has 128 valence electrons. The van der Waals surface area contributed by atoms with Gasteiger partial charge in [-0.2, -0.15) is 0 Å². The van der Waals surface area contributed by atoms with Gasteiger partial charge in [-0.15, -0.1) is 24.0 Å². The minimum Gasteiger partial charge on any atom is -0.469 e. The first-order chi connectivity index (χ1) is 10.2. The third-order valence-corrected chi connectivity index (χ3v) is 3.05. The van der Waals surface area contributed by atoms with Gasteiger partial charge >= 0.3 is 0 Å². The molecular weight excluding hydrogens is 393 g/mol. The predicted octanol–water partition coefficient (Wildman–Crippen LogP) is 3.06. The van der Waals surface area contributed by atoms with Crippen LogP contribution >= 0.6 is 24.0 Å². The van der Waals surface area contributed by atoms with E-state index < -0.39 is 0 Å². The predicted molar refractivity (Wildman–Crippen MR) is 102 cm³/mol. The second-order valence-electron chi connectivity index (χ2n) is 5.44. The molecule has 1 rings (SSSR count). The Morgan fingerprint density at radius 3 is 2.73 bits per heavy atom. The van der Waals surface area contributed by atoms with Crippen molar-refractivity contribution < 1.29 is 9.15 Å². The zero-order chi connectivity index (χ0) is 15.3. The van der Waals surface area contributed by atoms with Crippen LogP contribution in [0.3, 0.4) is 0 Å². The molecule has 6 heteroatoms. The number of hydrogen-bond donors (Lipinski definition) is 2. The van der Waals surface area contributed by atoms with Gasteiger partial charge in [-0.3, -0.25) is 4.99 Å². The van der Waals surface area contributed by atoms with Crippen molar-refractivity contribution in [2.24, 2.45) is 10.9 Å². The van der Waals surface area contributed by atoms with E-state index in [1.165, 1.54) is 6.42 Å². The highest BCUT2D eigenvalue weighted by Crippen LogP contribution is 2.03. The van der Waals surface area contributed by atoms with Crippen molar-refractivity contribution in [2.75, 3.05) is 33.4 Å². The summed E-state index contributed by atoms with van der Waals surface area (Å²) in [6, 6.07) is 3.90. The maximum atomic E-state index is 5.32. The number of guanidine groups is 1. The lowest BCUT2D eigenvalue weighted by molar-refractivity contribution is 0.203. The molecule has 0 aliphatic carbocycles. The van der Waals surface area contributed by atoms with Crippen LogP contribution in [0.1, 0.15) is 32.4 Å². The Labute approximate surface area is 151 Å². The first-order valence-electron chi connectivity index (χ1n) is 7.76. The van der Waals surface area contributed by atoms with Crippen molar-refractivity contribution in [1.82, 2.24) is 10.6 Å². The largest absolute Gasteiger partial charge is 0.469 e. The number of halogens is 1. The van der Waals surface area contributed by atoms with Gasteiger partial charge in [-0.1, -0.05) is 13.8 Å². The topological polar surface area (TPSA) is 58.8 Å². The molecule has 0 aliphatic heterocycles. The van der Waals surface area contributed by atoms with Crippen molar-refractivity contribution in [3.8, 4) is 0 Å². The van der Waals surface area contributed by atoms with Gasteiger partial charge in [0.05, 0.1) is 12.9 Å². The number of methoxy groups -OCH3 is 1. The Morgan fingerprint density at radius 1 is 1.32 bits per heavy atom. The Bertz CT molecular complexity index is 381. The van der Waals surface area contributed by atoms with E-state index in [4.69, 9.17) is 9.15 Å². The number of hydrogen-bond acceptors (Lipinski definition) is 3. The standard InChI is InChI=1S/C16H29N3O2.HI/c1-14(2)6-4-9-17-16(19-11-13-20-3)18-10-8-15-7-5-12-21-15;/h5,7,12,14H,4,6,8-11,13H2,1-3H3,(H2,17,18,19);1H. The molecule has 0 aromatic carbocycles. The molecule has 0 radical (unpaired) electrons. The fourth-order valence-electron chi connectivity index (χ4n) is 1.90. The average molecular weight is 423 g/mol. The van der Waals surface area contributed by atoms with Crippen LogP contribution in [0.25, 0.3) is 0 Å². The van der Waals surface area contributed by atoms with Gasteiger partial charge in [0.1, 0.15) is 5.76 Å². The lowest BCUT2D eigenvalue weighted by atomic mass is 10.1. The zero-order valence-electron chi connectivity index (χ0n) is 13.9. The number of aliphatic imine (C=N–C) groups is 1. The Kier molecular flexibility index (Phi) is 13.4. The first kappa shape index (κ1) is 21.2. The summed E-state index contributed by atoms with van der Waals surface area (Å²) in [6.07, 6.45) is 4.88. The van der Waals surface area contributed by atoms with Crippen LogP contribution in [0.5, 0.6) is 0 Å². The monoisotopic (exact) mass is 423 g/mol. The summed E-state index contributed by atoms with van der Waals surface area (Å²) in [5.74, 6) is 2.57. The smallest absolute Gasteiger partial charge is 0.191 e. The molecule has 0 amide bonds. The van der Waals surface area contributed by atoms with Crippen molar-refractivity contribution in [3.63, 3.8) is 0 Å². The molecule has 0 aliphatic rings. The highest BCUT2D eigenvalue weighted by atomic mass is 127. The van der Waals surface area contributed by atoms with E-state index in [2.05, 4.69) is 29.5 Å². The Morgan fingerprint density at radius 2 is 2.09 bits per heavy atom. The quantitative estimate of drug-likeness (QED) is 0.263. The Hall–Kier alpha value is -0.760. The van der Waals surface area contributed by atoms with Crippen LogP contribution in [0.15, 0.2) is 27.8 Å². The van der Waals surface area contributed by atoms with Gasteiger partial charge in [0.15, 0.2) is 5.96 Å². The molecule has 0 atom stereocenters. The van der Waals surface area contributed by atoms with E-state index >= 15 is 0 Å². The van der Waals surface area contributed by atoms with E-state index in [-0.39, 0.29) is 24.0 Å². The van der Waals surface area contributed by atoms with Gasteiger partial charge in [-0.05, 0) is 30.9 Å². The Balaban J connectivity index is 0.00000441. The number of furan rings is 1. The summed E-state index contributed by atoms with van der Waals surface area (Å²) in [5.41, 5.74) is 0. The minimum absolute atomic E-state index is 0. The second-order valence-corrected chi connectivity index (χ2v) is 5.44. The summed E-state index contributed by atoms with van der Waals surface area (Å²) < 4.78 is 10.4. The van der Waals surface area contributed by atoms with E-state index in [0.29, 0.717) is 6.61 Å². The van der Waals surface area contributed by atoms with Crippen molar-refractivity contribution in [1.29, 1.82) is 0 Å². The number of nitrogens with zero attached hydrogens (tertiary/aromatic N) is 1. The van der Waals surface area contributed by atoms with E-state index in [9.17, 15) is 0 Å². The lowest BCUT2D eigenvalue weighted by Gasteiger charge is -2.12. The number of nitrogens with one attached hydrogen (secondary N) is 2. The molecule has 0 spiro atoms. The fourth-order valence-corrected chi connectivity index (χ4v) is 1.90. The maximum absolute atomic E-state index is 5.32. The molecular formula is C16H30IN3O2. The molecule has 22 heavy (non-hydrogen) atoms. The minimum atomic E-state index is 0. The van der Waals surface area contributed by atoms with Crippen LogP contribution in [0.4, 0.5) is 0 Å². The van der Waals surface area contributed by atoms with Crippen LogP contribution in [0.2, 0.25) is 0 Å². The van der Waals surface area contributed by atoms with Gasteiger partial charge in [0.25, 0.3) is 0 Å². The van der Waals surface area contributed by atoms with Gasteiger partial charge in [0, 0.05) is 33.2 Å². The number of ether oxygens (including phenoxy) is 1. The molecule has 0 fully saturated rings. The highest BCUT2D eigenvalue weighted by molar-refractivity contribution is 14.0. The van der Waals surface area contributed by atoms with Crippen LogP contribution < -0.4 is 10.6 Å². The van der Waals surface area contributed by atoms with Gasteiger partial charge < -0.3 is 19.8 Å². The molecule has 0 unspecified atom stereocenters. The third-order valence-electron chi connectivity index (χ3n) is 3.05. The molecule has 0 bridgehead atoms. The first-order valence-corrected chi connectivity index (χ1v) is 7.76. The van der Waals surface area contributed by atoms with Gasteiger partial charge in [0.2, 0.25) is 0 Å². The second kappa shape index (κ2) is 13.9. The average Bonchev–Trinajstić information content (AvgIpc) is 2.96. The molecule has 0 saturated carbocycles. The summed E-state index contributed by atoms with van der Waals surface area (Å²) in [6.45, 7) is 7.56. The van der Waals surface area contributed by atoms with Gasteiger partial charge in [-0.25, -0.2) is 0 Å². The summed E-state index contributed by atoms with van der Waals surface area (Å²) in [5, 5.41) is 6.60. The molecule has 1 aromatic rings. The molecule has 1 heterocycles. The van der Waals surface area contributed by atoms with Crippen LogP contribution in [-0.4, -0.2) is 39.3 Å². The summed E-state index contributed by atoms with van der Waals surface area (Å²) in [4.78, 5) is 4.59. The SMILES string of the molecule is COCCNC(=NCCCC(C)C)NCCc1ccco1.I. The third kappa shape index (κ3) is 10.9. The summed E-state index contributed by atoms with van der Waals surface area (Å²) in [7, 11) is 1.70. The van der Waals surface area contributed by atoms with E-state index in [0.717, 1.165) is 50.1 Å². The maximum Gasteiger partial charge on any atom is 0.191 e. The highest BCUT2D eigenvalue weighted by Gasteiger charge is 2.00. The normalized spacial score (nSPS) is 11.4. The molecule has 5 nitrogen and oxygen atoms in total. The zero-order valence-corrected chi connectivity index (χ0v) is 16.3. The summed E-state index contributed by atoms with van der Waals surface area (Å²) >= 11 is 0. The van der Waals surface area contributed by atoms with E-state index in [1.807, 2.05) is 12.1 Å². The molecule has 0 saturated heterocycles. The number of rotatable bonds is 10.